The first kappa shape index (κ1) is 12.4. The van der Waals surface area contributed by atoms with E-state index in [-0.39, 0.29) is 23.9 Å². The molecule has 0 amide bonds. The molecule has 0 aliphatic carbocycles. The highest BCUT2D eigenvalue weighted by molar-refractivity contribution is 7.91. The van der Waals surface area contributed by atoms with E-state index in [2.05, 4.69) is 0 Å². The van der Waals surface area contributed by atoms with E-state index in [0.29, 0.717) is 19.4 Å². The molecular formula is C9H17NO4S. The van der Waals surface area contributed by atoms with Gasteiger partial charge >= 0.3 is 5.97 Å². The highest BCUT2D eigenvalue weighted by atomic mass is 32.2. The van der Waals surface area contributed by atoms with Crippen molar-refractivity contribution in [2.75, 3.05) is 18.1 Å². The quantitative estimate of drug-likeness (QED) is 0.687. The third kappa shape index (κ3) is 3.79. The van der Waals surface area contributed by atoms with E-state index in [1.807, 2.05) is 0 Å². The van der Waals surface area contributed by atoms with Gasteiger partial charge in [-0.15, -0.1) is 0 Å². The molecule has 2 N–H and O–H groups in total. The van der Waals surface area contributed by atoms with Crippen molar-refractivity contribution in [1.29, 1.82) is 0 Å². The van der Waals surface area contributed by atoms with Crippen molar-refractivity contribution in [2.45, 2.75) is 31.7 Å². The average Bonchev–Trinajstić information content (AvgIpc) is 2.12. The van der Waals surface area contributed by atoms with E-state index in [4.69, 9.17) is 10.5 Å². The number of sulfone groups is 1. The van der Waals surface area contributed by atoms with E-state index in [1.54, 1.807) is 6.92 Å². The number of carbonyl (C=O) groups is 1. The smallest absolute Gasteiger partial charge is 0.307 e. The zero-order chi connectivity index (χ0) is 11.5. The number of ether oxygens (including phenoxy) is 1. The summed E-state index contributed by atoms with van der Waals surface area (Å²) in [6.45, 7) is 2.06. The molecule has 1 fully saturated rings. The summed E-state index contributed by atoms with van der Waals surface area (Å²) in [7, 11) is -2.93. The van der Waals surface area contributed by atoms with Gasteiger partial charge in [-0.1, -0.05) is 0 Å². The minimum atomic E-state index is -2.93. The van der Waals surface area contributed by atoms with Crippen LogP contribution in [0.5, 0.6) is 0 Å². The summed E-state index contributed by atoms with van der Waals surface area (Å²) in [5, 5.41) is 0. The molecular weight excluding hydrogens is 218 g/mol. The van der Waals surface area contributed by atoms with Crippen molar-refractivity contribution >= 4 is 15.8 Å². The first-order chi connectivity index (χ1) is 6.87. The van der Waals surface area contributed by atoms with Gasteiger partial charge in [0.1, 0.15) is 9.84 Å². The molecule has 0 radical (unpaired) electrons. The molecule has 15 heavy (non-hydrogen) atoms. The maximum atomic E-state index is 11.2. The largest absolute Gasteiger partial charge is 0.466 e. The van der Waals surface area contributed by atoms with Crippen molar-refractivity contribution in [2.24, 2.45) is 5.73 Å². The van der Waals surface area contributed by atoms with Crippen molar-refractivity contribution in [3.63, 3.8) is 0 Å². The van der Waals surface area contributed by atoms with Crippen LogP contribution in [0.1, 0.15) is 26.2 Å². The molecule has 88 valence electrons. The van der Waals surface area contributed by atoms with Crippen molar-refractivity contribution in [1.82, 2.24) is 0 Å². The predicted molar refractivity (Wildman–Crippen MR) is 56.1 cm³/mol. The summed E-state index contributed by atoms with van der Waals surface area (Å²) in [4.78, 5) is 11.2. The Labute approximate surface area is 89.9 Å². The Morgan fingerprint density at radius 1 is 1.40 bits per heavy atom. The van der Waals surface area contributed by atoms with Crippen LogP contribution < -0.4 is 5.73 Å². The van der Waals surface area contributed by atoms with Gasteiger partial charge in [-0.3, -0.25) is 4.79 Å². The van der Waals surface area contributed by atoms with Gasteiger partial charge in [0.2, 0.25) is 0 Å². The van der Waals surface area contributed by atoms with Gasteiger partial charge in [0.25, 0.3) is 0 Å². The van der Waals surface area contributed by atoms with Gasteiger partial charge in [0.05, 0.1) is 24.5 Å². The van der Waals surface area contributed by atoms with Crippen LogP contribution in [-0.2, 0) is 19.4 Å². The zero-order valence-corrected chi connectivity index (χ0v) is 9.68. The van der Waals surface area contributed by atoms with E-state index in [0.717, 1.165) is 0 Å². The Kier molecular flexibility index (Phi) is 3.72. The summed E-state index contributed by atoms with van der Waals surface area (Å²) < 4.78 is 27.1. The molecule has 1 aliphatic heterocycles. The molecule has 0 aromatic heterocycles. The number of nitrogens with two attached hydrogens (primary N) is 1. The van der Waals surface area contributed by atoms with E-state index in [1.165, 1.54) is 0 Å². The molecule has 0 aromatic carbocycles. The number of esters is 1. The zero-order valence-electron chi connectivity index (χ0n) is 8.86. The molecule has 1 saturated heterocycles. The average molecular weight is 235 g/mol. The lowest BCUT2D eigenvalue weighted by molar-refractivity contribution is -0.144. The first-order valence-corrected chi connectivity index (χ1v) is 6.84. The SMILES string of the molecule is CCOC(=O)CC1(N)CCS(=O)(=O)CC1. The molecule has 1 rings (SSSR count). The Morgan fingerprint density at radius 3 is 2.40 bits per heavy atom. The number of hydrogen-bond acceptors (Lipinski definition) is 5. The highest BCUT2D eigenvalue weighted by Gasteiger charge is 2.35. The summed E-state index contributed by atoms with van der Waals surface area (Å²) in [6, 6.07) is 0. The summed E-state index contributed by atoms with van der Waals surface area (Å²) >= 11 is 0. The number of rotatable bonds is 3. The Bertz CT molecular complexity index is 322. The van der Waals surface area contributed by atoms with Crippen LogP contribution in [0.15, 0.2) is 0 Å². The van der Waals surface area contributed by atoms with Gasteiger partial charge in [0, 0.05) is 5.54 Å². The lowest BCUT2D eigenvalue weighted by Gasteiger charge is -2.32. The number of hydrogen-bond donors (Lipinski definition) is 1. The van der Waals surface area contributed by atoms with Gasteiger partial charge in [0.15, 0.2) is 0 Å². The molecule has 0 bridgehead atoms. The minimum Gasteiger partial charge on any atom is -0.466 e. The van der Waals surface area contributed by atoms with E-state index < -0.39 is 15.4 Å². The third-order valence-electron chi connectivity index (χ3n) is 2.62. The van der Waals surface area contributed by atoms with Crippen molar-refractivity contribution in [3.8, 4) is 0 Å². The maximum absolute atomic E-state index is 11.2. The van der Waals surface area contributed by atoms with Gasteiger partial charge in [-0.05, 0) is 19.8 Å². The van der Waals surface area contributed by atoms with Crippen LogP contribution in [0.4, 0.5) is 0 Å². The van der Waals surface area contributed by atoms with Crippen LogP contribution in [0.2, 0.25) is 0 Å². The normalized spacial score (nSPS) is 23.3. The molecule has 0 unspecified atom stereocenters. The molecule has 6 heteroatoms. The van der Waals surface area contributed by atoms with Crippen LogP contribution >= 0.6 is 0 Å². The third-order valence-corrected chi connectivity index (χ3v) is 4.28. The van der Waals surface area contributed by atoms with Crippen LogP contribution in [-0.4, -0.2) is 38.0 Å². The molecule has 0 saturated carbocycles. The van der Waals surface area contributed by atoms with Crippen molar-refractivity contribution < 1.29 is 17.9 Å². The first-order valence-electron chi connectivity index (χ1n) is 5.02. The second-order valence-electron chi connectivity index (χ2n) is 4.00. The van der Waals surface area contributed by atoms with E-state index >= 15 is 0 Å². The lowest BCUT2D eigenvalue weighted by atomic mass is 9.90. The Morgan fingerprint density at radius 2 is 1.93 bits per heavy atom. The standard InChI is InChI=1S/C9H17NO4S/c1-2-14-8(11)7-9(10)3-5-15(12,13)6-4-9/h2-7,10H2,1H3. The maximum Gasteiger partial charge on any atom is 0.307 e. The number of carbonyl (C=O) groups excluding carboxylic acids is 1. The highest BCUT2D eigenvalue weighted by Crippen LogP contribution is 2.24. The molecule has 0 aromatic rings. The monoisotopic (exact) mass is 235 g/mol. The van der Waals surface area contributed by atoms with Gasteiger partial charge in [-0.25, -0.2) is 8.42 Å². The minimum absolute atomic E-state index is 0.0723. The Balaban J connectivity index is 2.52. The molecule has 1 heterocycles. The molecule has 0 atom stereocenters. The second-order valence-corrected chi connectivity index (χ2v) is 6.30. The summed E-state index contributed by atoms with van der Waals surface area (Å²) in [5.41, 5.74) is 5.25. The van der Waals surface area contributed by atoms with Crippen LogP contribution in [0, 0.1) is 0 Å². The predicted octanol–water partition coefficient (Wildman–Crippen LogP) is -0.154. The summed E-state index contributed by atoms with van der Waals surface area (Å²) in [6.07, 6.45) is 0.790. The molecule has 5 nitrogen and oxygen atoms in total. The lowest BCUT2D eigenvalue weighted by Crippen LogP contribution is -2.48. The van der Waals surface area contributed by atoms with Gasteiger partial charge in [-0.2, -0.15) is 0 Å². The summed E-state index contributed by atoms with van der Waals surface area (Å²) in [5.74, 6) is -0.203. The molecule has 1 aliphatic rings. The fourth-order valence-corrected chi connectivity index (χ4v) is 3.26. The van der Waals surface area contributed by atoms with Crippen molar-refractivity contribution in [3.05, 3.63) is 0 Å². The Hall–Kier alpha value is -0.620. The topological polar surface area (TPSA) is 86.5 Å². The molecule has 0 spiro atoms. The van der Waals surface area contributed by atoms with Gasteiger partial charge < -0.3 is 10.5 Å². The fourth-order valence-electron chi connectivity index (χ4n) is 1.62. The van der Waals surface area contributed by atoms with Crippen LogP contribution in [0.25, 0.3) is 0 Å². The van der Waals surface area contributed by atoms with E-state index in [9.17, 15) is 13.2 Å². The second kappa shape index (κ2) is 4.49. The van der Waals surface area contributed by atoms with Crippen LogP contribution in [0.3, 0.4) is 0 Å². The fraction of sp³-hybridized carbons (Fsp3) is 0.889.